The van der Waals surface area contributed by atoms with E-state index in [1.54, 1.807) is 0 Å². The monoisotopic (exact) mass is 329 g/mol. The third-order valence-electron chi connectivity index (χ3n) is 2.35. The Hall–Kier alpha value is -2.32. The topological polar surface area (TPSA) is 125 Å². The Morgan fingerprint density at radius 2 is 1.70 bits per heavy atom. The molecule has 0 aliphatic heterocycles. The van der Waals surface area contributed by atoms with Crippen LogP contribution in [0.5, 0.6) is 11.5 Å². The molecule has 1 aromatic carbocycles. The van der Waals surface area contributed by atoms with Crippen LogP contribution < -0.4 is 14.8 Å². The molecule has 8 nitrogen and oxygen atoms in total. The largest absolute Gasteiger partial charge is 0.494 e. The number of carboxylic acid groups (broad SMARTS) is 2. The van der Waals surface area contributed by atoms with Gasteiger partial charge < -0.3 is 30.1 Å². The van der Waals surface area contributed by atoms with Crippen LogP contribution in [0.1, 0.15) is 13.3 Å². The molecule has 0 unspecified atom stereocenters. The Labute approximate surface area is 134 Å². The van der Waals surface area contributed by atoms with Crippen LogP contribution in [0.2, 0.25) is 0 Å². The quantitative estimate of drug-likeness (QED) is 0.383. The summed E-state index contributed by atoms with van der Waals surface area (Å²) < 4.78 is 11.0. The molecule has 0 radical (unpaired) electrons. The molecule has 0 bridgehead atoms. The fraction of sp³-hybridized carbons (Fsp3) is 0.467. The minimum atomic E-state index is -1.82. The zero-order valence-electron chi connectivity index (χ0n) is 13.0. The van der Waals surface area contributed by atoms with Gasteiger partial charge in [0, 0.05) is 12.6 Å². The van der Waals surface area contributed by atoms with E-state index >= 15 is 0 Å². The highest BCUT2D eigenvalue weighted by molar-refractivity contribution is 6.27. The van der Waals surface area contributed by atoms with Crippen molar-refractivity contribution in [1.82, 2.24) is 5.32 Å². The summed E-state index contributed by atoms with van der Waals surface area (Å²) in [5.74, 6) is -1.98. The Morgan fingerprint density at radius 3 is 2.22 bits per heavy atom. The standard InChI is InChI=1S/C13H21NO3.C2H2O4/c1-2-16-12-5-3-6-13(11-12)17-10-4-7-14-8-9-15;3-1(4)2(5)6/h3,5-6,11,14-15H,2,4,7-10H2,1H3;(H,3,4)(H,5,6). The molecule has 130 valence electrons. The maximum absolute atomic E-state index is 9.10. The number of carboxylic acids is 2. The zero-order valence-corrected chi connectivity index (χ0v) is 13.0. The molecular formula is C15H23NO7. The van der Waals surface area contributed by atoms with Crippen molar-refractivity contribution in [3.8, 4) is 11.5 Å². The third kappa shape index (κ3) is 12.0. The van der Waals surface area contributed by atoms with Gasteiger partial charge in [0.1, 0.15) is 11.5 Å². The van der Waals surface area contributed by atoms with Crippen LogP contribution in [-0.4, -0.2) is 60.2 Å². The lowest BCUT2D eigenvalue weighted by Crippen LogP contribution is -2.20. The second-order valence-electron chi connectivity index (χ2n) is 4.19. The average Bonchev–Trinajstić information content (AvgIpc) is 2.52. The lowest BCUT2D eigenvalue weighted by atomic mass is 10.3. The van der Waals surface area contributed by atoms with E-state index in [1.165, 1.54) is 0 Å². The number of aliphatic hydroxyl groups is 1. The average molecular weight is 329 g/mol. The van der Waals surface area contributed by atoms with Crippen molar-refractivity contribution in [3.05, 3.63) is 24.3 Å². The summed E-state index contributed by atoms with van der Waals surface area (Å²) in [4.78, 5) is 18.2. The summed E-state index contributed by atoms with van der Waals surface area (Å²) in [5, 5.41) is 26.5. The Bertz CT molecular complexity index is 453. The van der Waals surface area contributed by atoms with E-state index in [9.17, 15) is 0 Å². The van der Waals surface area contributed by atoms with Crippen LogP contribution in [0.15, 0.2) is 24.3 Å². The molecular weight excluding hydrogens is 306 g/mol. The van der Waals surface area contributed by atoms with Gasteiger partial charge in [-0.3, -0.25) is 0 Å². The summed E-state index contributed by atoms with van der Waals surface area (Å²) in [7, 11) is 0. The van der Waals surface area contributed by atoms with Crippen LogP contribution in [0, 0.1) is 0 Å². The van der Waals surface area contributed by atoms with Crippen LogP contribution in [0.3, 0.4) is 0 Å². The van der Waals surface area contributed by atoms with Gasteiger partial charge in [-0.1, -0.05) is 6.07 Å². The smallest absolute Gasteiger partial charge is 0.414 e. The third-order valence-corrected chi connectivity index (χ3v) is 2.35. The minimum Gasteiger partial charge on any atom is -0.494 e. The molecule has 1 aromatic rings. The number of carbonyl (C=O) groups is 2. The fourth-order valence-electron chi connectivity index (χ4n) is 1.41. The number of aliphatic hydroxyl groups excluding tert-OH is 1. The zero-order chi connectivity index (χ0) is 17.5. The number of aliphatic carboxylic acids is 2. The number of ether oxygens (including phenoxy) is 2. The van der Waals surface area contributed by atoms with E-state index in [4.69, 9.17) is 34.4 Å². The van der Waals surface area contributed by atoms with E-state index in [0.29, 0.717) is 19.8 Å². The second-order valence-corrected chi connectivity index (χ2v) is 4.19. The van der Waals surface area contributed by atoms with Crippen molar-refractivity contribution in [3.63, 3.8) is 0 Å². The van der Waals surface area contributed by atoms with Crippen molar-refractivity contribution in [2.24, 2.45) is 0 Å². The molecule has 0 atom stereocenters. The van der Waals surface area contributed by atoms with E-state index in [0.717, 1.165) is 24.5 Å². The second kappa shape index (κ2) is 13.4. The predicted molar refractivity (Wildman–Crippen MR) is 83.0 cm³/mol. The lowest BCUT2D eigenvalue weighted by molar-refractivity contribution is -0.159. The van der Waals surface area contributed by atoms with Crippen LogP contribution >= 0.6 is 0 Å². The van der Waals surface area contributed by atoms with E-state index in [-0.39, 0.29) is 6.61 Å². The summed E-state index contributed by atoms with van der Waals surface area (Å²) in [6.07, 6.45) is 0.916. The van der Waals surface area contributed by atoms with Gasteiger partial charge in [0.2, 0.25) is 0 Å². The molecule has 0 saturated heterocycles. The van der Waals surface area contributed by atoms with Gasteiger partial charge in [-0.25, -0.2) is 9.59 Å². The minimum absolute atomic E-state index is 0.178. The van der Waals surface area contributed by atoms with Crippen molar-refractivity contribution in [2.75, 3.05) is 32.9 Å². The van der Waals surface area contributed by atoms with Crippen LogP contribution in [0.4, 0.5) is 0 Å². The normalized spacial score (nSPS) is 9.48. The maximum atomic E-state index is 9.10. The van der Waals surface area contributed by atoms with E-state index < -0.39 is 11.9 Å². The Kier molecular flexibility index (Phi) is 12.0. The number of rotatable bonds is 9. The summed E-state index contributed by atoms with van der Waals surface area (Å²) >= 11 is 0. The Morgan fingerprint density at radius 1 is 1.09 bits per heavy atom. The van der Waals surface area contributed by atoms with Gasteiger partial charge in [0.05, 0.1) is 19.8 Å². The van der Waals surface area contributed by atoms with Gasteiger partial charge in [-0.15, -0.1) is 0 Å². The highest BCUT2D eigenvalue weighted by Gasteiger charge is 2.04. The first-order chi connectivity index (χ1) is 11.0. The molecule has 0 aromatic heterocycles. The van der Waals surface area contributed by atoms with Crippen LogP contribution in [0.25, 0.3) is 0 Å². The van der Waals surface area contributed by atoms with Gasteiger partial charge in [-0.05, 0) is 32.0 Å². The molecule has 23 heavy (non-hydrogen) atoms. The molecule has 0 fully saturated rings. The maximum Gasteiger partial charge on any atom is 0.414 e. The first kappa shape index (κ1) is 20.7. The SMILES string of the molecule is CCOc1cccc(OCCCNCCO)c1.O=C(O)C(=O)O. The Balaban J connectivity index is 0.000000688. The fourth-order valence-corrected chi connectivity index (χ4v) is 1.41. The number of hydrogen-bond donors (Lipinski definition) is 4. The highest BCUT2D eigenvalue weighted by atomic mass is 16.5. The van der Waals surface area contributed by atoms with Crippen molar-refractivity contribution in [1.29, 1.82) is 0 Å². The molecule has 4 N–H and O–H groups in total. The number of benzene rings is 1. The summed E-state index contributed by atoms with van der Waals surface area (Å²) in [6.45, 7) is 4.95. The van der Waals surface area contributed by atoms with Gasteiger partial charge in [0.15, 0.2) is 0 Å². The van der Waals surface area contributed by atoms with Crippen molar-refractivity contribution in [2.45, 2.75) is 13.3 Å². The molecule has 0 aliphatic carbocycles. The lowest BCUT2D eigenvalue weighted by Gasteiger charge is -2.08. The van der Waals surface area contributed by atoms with Gasteiger partial charge in [-0.2, -0.15) is 0 Å². The highest BCUT2D eigenvalue weighted by Crippen LogP contribution is 2.19. The first-order valence-corrected chi connectivity index (χ1v) is 7.14. The summed E-state index contributed by atoms with van der Waals surface area (Å²) in [5.41, 5.74) is 0. The van der Waals surface area contributed by atoms with E-state index in [1.807, 2.05) is 31.2 Å². The van der Waals surface area contributed by atoms with E-state index in [2.05, 4.69) is 5.32 Å². The molecule has 0 saturated carbocycles. The number of hydrogen-bond acceptors (Lipinski definition) is 6. The molecule has 8 heteroatoms. The first-order valence-electron chi connectivity index (χ1n) is 7.14. The molecule has 0 aliphatic rings. The van der Waals surface area contributed by atoms with Gasteiger partial charge in [0.25, 0.3) is 0 Å². The van der Waals surface area contributed by atoms with Crippen LogP contribution in [-0.2, 0) is 9.59 Å². The molecule has 0 heterocycles. The molecule has 1 rings (SSSR count). The number of nitrogens with one attached hydrogen (secondary N) is 1. The van der Waals surface area contributed by atoms with Gasteiger partial charge >= 0.3 is 11.9 Å². The summed E-state index contributed by atoms with van der Waals surface area (Å²) in [6, 6.07) is 7.65. The molecule has 0 amide bonds. The van der Waals surface area contributed by atoms with Crippen molar-refractivity contribution >= 4 is 11.9 Å². The molecule has 0 spiro atoms. The van der Waals surface area contributed by atoms with Crippen molar-refractivity contribution < 1.29 is 34.4 Å². The predicted octanol–water partition coefficient (Wildman–Crippen LogP) is 0.592.